The van der Waals surface area contributed by atoms with E-state index >= 15 is 0 Å². The monoisotopic (exact) mass is 795 g/mol. The summed E-state index contributed by atoms with van der Waals surface area (Å²) in [5, 5.41) is 11.5. The lowest BCUT2D eigenvalue weighted by molar-refractivity contribution is -0.144. The van der Waals surface area contributed by atoms with Crippen molar-refractivity contribution in [2.45, 2.75) is 76.4 Å². The van der Waals surface area contributed by atoms with Crippen molar-refractivity contribution in [1.82, 2.24) is 30.3 Å². The number of piperazine rings is 1. The number of hydrogen-bond acceptors (Lipinski definition) is 11. The smallest absolute Gasteiger partial charge is 0.249 e. The van der Waals surface area contributed by atoms with Crippen LogP contribution in [0.25, 0.3) is 4.85 Å². The summed E-state index contributed by atoms with van der Waals surface area (Å²) >= 11 is 6.16. The first kappa shape index (κ1) is 40.1. The van der Waals surface area contributed by atoms with Gasteiger partial charge in [-0.05, 0) is 98.7 Å². The largest absolute Gasteiger partial charge is 0.490 e. The lowest BCUT2D eigenvalue weighted by Crippen LogP contribution is -2.53. The summed E-state index contributed by atoms with van der Waals surface area (Å²) in [5.74, 6) is 2.39. The second-order valence-corrected chi connectivity index (χ2v) is 16.2. The molecular formula is C42H50ClN9O5. The van der Waals surface area contributed by atoms with Crippen LogP contribution in [-0.4, -0.2) is 113 Å². The number of nitrogens with one attached hydrogen (secondary N) is 1. The molecule has 0 radical (unpaired) electrons. The van der Waals surface area contributed by atoms with E-state index in [1.165, 1.54) is 4.90 Å². The Morgan fingerprint density at radius 2 is 1.65 bits per heavy atom. The Balaban J connectivity index is 0.798. The van der Waals surface area contributed by atoms with Crippen molar-refractivity contribution in [3.05, 3.63) is 76.4 Å². The number of ketones is 1. The number of rotatable bonds is 12. The third-order valence-corrected chi connectivity index (χ3v) is 12.2. The number of anilines is 2. The number of ether oxygens (including phenoxy) is 1. The van der Waals surface area contributed by atoms with Crippen LogP contribution in [0.1, 0.15) is 73.8 Å². The van der Waals surface area contributed by atoms with E-state index in [1.54, 1.807) is 31.4 Å². The highest BCUT2D eigenvalue weighted by Gasteiger charge is 2.33. The molecule has 3 amide bonds. The predicted molar refractivity (Wildman–Crippen MR) is 216 cm³/mol. The Morgan fingerprint density at radius 1 is 0.895 bits per heavy atom. The molecule has 3 saturated heterocycles. The van der Waals surface area contributed by atoms with Gasteiger partial charge in [0.15, 0.2) is 11.6 Å². The van der Waals surface area contributed by atoms with Crippen LogP contribution in [0.3, 0.4) is 0 Å². The quantitative estimate of drug-likeness (QED) is 0.148. The number of aromatic nitrogens is 3. The van der Waals surface area contributed by atoms with E-state index in [4.69, 9.17) is 22.9 Å². The fourth-order valence-electron chi connectivity index (χ4n) is 8.44. The Labute approximate surface area is 338 Å². The molecule has 3 aliphatic heterocycles. The predicted octanol–water partition coefficient (Wildman–Crippen LogP) is 5.13. The number of amides is 3. The summed E-state index contributed by atoms with van der Waals surface area (Å²) in [4.78, 5) is 66.4. The summed E-state index contributed by atoms with van der Waals surface area (Å²) in [5.41, 5.74) is 1.69. The van der Waals surface area contributed by atoms with Gasteiger partial charge in [-0.25, -0.2) is 9.83 Å². The molecule has 1 saturated carbocycles. The minimum atomic E-state index is -0.630. The topological polar surface area (TPSA) is 146 Å². The van der Waals surface area contributed by atoms with Crippen molar-refractivity contribution in [3.8, 4) is 5.75 Å². The van der Waals surface area contributed by atoms with Crippen molar-refractivity contribution in [3.63, 3.8) is 0 Å². The van der Waals surface area contributed by atoms with Crippen molar-refractivity contribution < 1.29 is 23.9 Å². The first-order valence-electron chi connectivity index (χ1n) is 20.1. The second-order valence-electron chi connectivity index (χ2n) is 15.8. The number of benzene rings is 1. The Hall–Kier alpha value is -5.13. The van der Waals surface area contributed by atoms with E-state index in [9.17, 15) is 19.2 Å². The van der Waals surface area contributed by atoms with Crippen LogP contribution >= 0.6 is 11.6 Å². The van der Waals surface area contributed by atoms with Gasteiger partial charge in [-0.1, -0.05) is 17.7 Å². The molecular weight excluding hydrogens is 746 g/mol. The zero-order chi connectivity index (χ0) is 39.9. The molecule has 0 bridgehead atoms. The van der Waals surface area contributed by atoms with E-state index in [2.05, 4.69) is 40.0 Å². The maximum atomic E-state index is 13.1. The fourth-order valence-corrected chi connectivity index (χ4v) is 8.66. The summed E-state index contributed by atoms with van der Waals surface area (Å²) < 4.78 is 6.11. The van der Waals surface area contributed by atoms with Gasteiger partial charge < -0.3 is 19.4 Å². The number of pyridine rings is 1. The summed E-state index contributed by atoms with van der Waals surface area (Å²) in [6.45, 7) is 13.6. The van der Waals surface area contributed by atoms with Gasteiger partial charge in [0, 0.05) is 71.9 Å². The normalized spacial score (nSPS) is 22.1. The van der Waals surface area contributed by atoms with Crippen LogP contribution in [0.2, 0.25) is 5.02 Å². The summed E-state index contributed by atoms with van der Waals surface area (Å²) in [6, 6.07) is 12.1. The highest BCUT2D eigenvalue weighted by Crippen LogP contribution is 2.34. The molecule has 300 valence electrons. The molecule has 0 spiro atoms. The third-order valence-electron chi connectivity index (χ3n) is 11.9. The Bertz CT molecular complexity index is 1970. The molecule has 14 nitrogen and oxygen atoms in total. The maximum absolute atomic E-state index is 13.1. The van der Waals surface area contributed by atoms with Crippen LogP contribution in [0.5, 0.6) is 5.75 Å². The van der Waals surface area contributed by atoms with E-state index < -0.39 is 11.9 Å². The molecule has 1 N–H and O–H groups in total. The zero-order valence-corrected chi connectivity index (χ0v) is 33.2. The van der Waals surface area contributed by atoms with Gasteiger partial charge in [0.25, 0.3) is 0 Å². The molecule has 1 aliphatic carbocycles. The van der Waals surface area contributed by atoms with Crippen molar-refractivity contribution in [2.75, 3.05) is 62.7 Å². The SMILES string of the molecule is [C-]#[N+]c1ccc(OC2CCC(CC(=O)c3ccc(N4CCC(CN5CCN(c6cc(CC(=O)N(C)C7CCC(=O)NC7=O)ccn6)CC5)CC4)nn3)CC2)cc1Cl. The van der Waals surface area contributed by atoms with E-state index in [0.29, 0.717) is 46.8 Å². The highest BCUT2D eigenvalue weighted by atomic mass is 35.5. The first-order valence-corrected chi connectivity index (χ1v) is 20.5. The highest BCUT2D eigenvalue weighted by molar-refractivity contribution is 6.33. The average Bonchev–Trinajstić information content (AvgIpc) is 3.22. The third kappa shape index (κ3) is 10.3. The van der Waals surface area contributed by atoms with Gasteiger partial charge in [0.2, 0.25) is 23.4 Å². The molecule has 1 atom stereocenters. The Kier molecular flexibility index (Phi) is 13.0. The molecule has 15 heteroatoms. The molecule has 1 aromatic carbocycles. The van der Waals surface area contributed by atoms with Crippen LogP contribution in [-0.2, 0) is 20.8 Å². The maximum Gasteiger partial charge on any atom is 0.249 e. The first-order chi connectivity index (χ1) is 27.6. The summed E-state index contributed by atoms with van der Waals surface area (Å²) in [7, 11) is 1.62. The van der Waals surface area contributed by atoms with Crippen LogP contribution in [0.15, 0.2) is 48.7 Å². The number of carbonyl (C=O) groups is 4. The fraction of sp³-hybridized carbons (Fsp3) is 0.524. The second kappa shape index (κ2) is 18.4. The van der Waals surface area contributed by atoms with Gasteiger partial charge >= 0.3 is 0 Å². The average molecular weight is 796 g/mol. The molecule has 3 aromatic rings. The van der Waals surface area contributed by atoms with Crippen molar-refractivity contribution in [1.29, 1.82) is 0 Å². The van der Waals surface area contributed by atoms with Gasteiger partial charge in [0.1, 0.15) is 23.3 Å². The number of piperidine rings is 2. The van der Waals surface area contributed by atoms with Gasteiger partial charge in [-0.15, -0.1) is 10.2 Å². The van der Waals surface area contributed by atoms with Crippen LogP contribution in [0.4, 0.5) is 17.3 Å². The molecule has 1 unspecified atom stereocenters. The van der Waals surface area contributed by atoms with Crippen molar-refractivity contribution >= 4 is 52.4 Å². The number of hydrogen-bond donors (Lipinski definition) is 1. The van der Waals surface area contributed by atoms with E-state index in [0.717, 1.165) is 102 Å². The number of Topliss-reactive ketones (excluding diaryl/α,β-unsaturated/α-hetero) is 1. The lowest BCUT2D eigenvalue weighted by Gasteiger charge is -2.39. The molecule has 4 aliphatic rings. The molecule has 2 aromatic heterocycles. The van der Waals surface area contributed by atoms with Crippen LogP contribution < -0.4 is 19.9 Å². The minimum absolute atomic E-state index is 0.0344. The number of carbonyl (C=O) groups excluding carboxylic acids is 4. The molecule has 4 fully saturated rings. The number of imide groups is 1. The van der Waals surface area contributed by atoms with Gasteiger partial charge in [-0.3, -0.25) is 29.4 Å². The number of nitrogens with zero attached hydrogens (tertiary/aromatic N) is 8. The van der Waals surface area contributed by atoms with E-state index in [-0.39, 0.29) is 36.5 Å². The zero-order valence-electron chi connectivity index (χ0n) is 32.4. The minimum Gasteiger partial charge on any atom is -0.490 e. The molecule has 57 heavy (non-hydrogen) atoms. The van der Waals surface area contributed by atoms with Crippen LogP contribution in [0, 0.1) is 18.4 Å². The number of likely N-dealkylation sites (N-methyl/N-ethyl adjacent to an activating group) is 1. The van der Waals surface area contributed by atoms with Crippen molar-refractivity contribution in [2.24, 2.45) is 11.8 Å². The number of halogens is 1. The molecule has 5 heterocycles. The lowest BCUT2D eigenvalue weighted by atomic mass is 9.84. The van der Waals surface area contributed by atoms with Gasteiger partial charge in [-0.2, -0.15) is 0 Å². The van der Waals surface area contributed by atoms with E-state index in [1.807, 2.05) is 24.3 Å². The Morgan fingerprint density at radius 3 is 2.33 bits per heavy atom. The molecule has 7 rings (SSSR count). The standard InChI is InChI=1S/C42H50ClN9O5/c1-44-34-8-7-32(26-33(34)43)57-31-5-3-28(4-6-31)23-37(53)35-9-11-38(48-47-35)51-17-14-29(15-18-51)27-50-19-21-52(22-20-50)39-24-30(13-16-45-39)25-41(55)49(2)36-10-12-40(54)46-42(36)56/h7-9,11,13,16,24,26,28-29,31,36H,3-6,10,12,14-15,17-23,25,27H2,2H3,(H,46,54,56). The van der Waals surface area contributed by atoms with Gasteiger partial charge in [0.05, 0.1) is 24.1 Å². The summed E-state index contributed by atoms with van der Waals surface area (Å²) in [6.07, 6.45) is 8.68.